The molecule has 140 valence electrons. The molecule has 0 saturated carbocycles. The number of benzene rings is 1. The number of carbonyl (C=O) groups is 1. The lowest BCUT2D eigenvalue weighted by atomic mass is 9.96. The topological polar surface area (TPSA) is 77.0 Å². The van der Waals surface area contributed by atoms with Crippen LogP contribution in [0.3, 0.4) is 0 Å². The Morgan fingerprint density at radius 2 is 1.89 bits per heavy atom. The molecule has 8 heteroatoms. The standard InChI is InChI=1S/C19H20BrN5O2/c1-12-17(11-21-25(12)16-5-3-15(20)4-6-16)19(26)24-9-7-14(8-10-24)18-22-13(2)23-27-18/h3-6,11,14H,7-10H2,1-2H3. The minimum Gasteiger partial charge on any atom is -0.339 e. The third-order valence-electron chi connectivity index (χ3n) is 4.99. The molecule has 0 N–H and O–H groups in total. The molecule has 2 aromatic heterocycles. The van der Waals surface area contributed by atoms with Gasteiger partial charge in [0.15, 0.2) is 5.82 Å². The fraction of sp³-hybridized carbons (Fsp3) is 0.368. The molecule has 0 radical (unpaired) electrons. The minimum absolute atomic E-state index is 0.0241. The molecule has 0 aliphatic carbocycles. The summed E-state index contributed by atoms with van der Waals surface area (Å²) in [7, 11) is 0. The lowest BCUT2D eigenvalue weighted by Gasteiger charge is -2.30. The lowest BCUT2D eigenvalue weighted by Crippen LogP contribution is -2.38. The van der Waals surface area contributed by atoms with Crippen LogP contribution in [0.5, 0.6) is 0 Å². The predicted molar refractivity (Wildman–Crippen MR) is 103 cm³/mol. The summed E-state index contributed by atoms with van der Waals surface area (Å²) in [5.74, 6) is 1.58. The van der Waals surface area contributed by atoms with E-state index in [2.05, 4.69) is 31.2 Å². The van der Waals surface area contributed by atoms with E-state index in [4.69, 9.17) is 4.52 Å². The molecule has 0 bridgehead atoms. The number of hydrogen-bond donors (Lipinski definition) is 0. The minimum atomic E-state index is 0.0241. The maximum absolute atomic E-state index is 13.0. The molecular formula is C19H20BrN5O2. The van der Waals surface area contributed by atoms with E-state index >= 15 is 0 Å². The molecule has 0 spiro atoms. The molecule has 1 aliphatic rings. The molecule has 27 heavy (non-hydrogen) atoms. The molecule has 4 rings (SSSR count). The normalized spacial score (nSPS) is 15.3. The van der Waals surface area contributed by atoms with Crippen LogP contribution in [0.2, 0.25) is 0 Å². The summed E-state index contributed by atoms with van der Waals surface area (Å²) >= 11 is 3.43. The van der Waals surface area contributed by atoms with Gasteiger partial charge in [-0.05, 0) is 51.0 Å². The summed E-state index contributed by atoms with van der Waals surface area (Å²) < 4.78 is 8.09. The van der Waals surface area contributed by atoms with Crippen molar-refractivity contribution in [2.45, 2.75) is 32.6 Å². The highest BCUT2D eigenvalue weighted by atomic mass is 79.9. The predicted octanol–water partition coefficient (Wildman–Crippen LogP) is 3.65. The Hall–Kier alpha value is -2.48. The summed E-state index contributed by atoms with van der Waals surface area (Å²) in [4.78, 5) is 19.2. The largest absolute Gasteiger partial charge is 0.339 e. The summed E-state index contributed by atoms with van der Waals surface area (Å²) in [6.45, 7) is 5.09. The third-order valence-corrected chi connectivity index (χ3v) is 5.51. The molecule has 1 aromatic carbocycles. The van der Waals surface area contributed by atoms with E-state index in [9.17, 15) is 4.79 Å². The van der Waals surface area contributed by atoms with Crippen molar-refractivity contribution in [2.24, 2.45) is 0 Å². The van der Waals surface area contributed by atoms with E-state index in [1.54, 1.807) is 10.9 Å². The van der Waals surface area contributed by atoms with Crippen LogP contribution in [0.25, 0.3) is 5.69 Å². The smallest absolute Gasteiger partial charge is 0.257 e. The summed E-state index contributed by atoms with van der Waals surface area (Å²) in [6.07, 6.45) is 3.31. The Balaban J connectivity index is 1.47. The summed E-state index contributed by atoms with van der Waals surface area (Å²) in [6, 6.07) is 7.86. The van der Waals surface area contributed by atoms with E-state index in [-0.39, 0.29) is 11.8 Å². The second-order valence-corrected chi connectivity index (χ2v) is 7.69. The van der Waals surface area contributed by atoms with Crippen LogP contribution in [0.4, 0.5) is 0 Å². The number of aromatic nitrogens is 4. The molecule has 0 atom stereocenters. The van der Waals surface area contributed by atoms with Gasteiger partial charge in [0.2, 0.25) is 5.89 Å². The highest BCUT2D eigenvalue weighted by Gasteiger charge is 2.29. The second-order valence-electron chi connectivity index (χ2n) is 6.78. The van der Waals surface area contributed by atoms with Crippen LogP contribution >= 0.6 is 15.9 Å². The quantitative estimate of drug-likeness (QED) is 0.634. The van der Waals surface area contributed by atoms with Crippen molar-refractivity contribution < 1.29 is 9.32 Å². The van der Waals surface area contributed by atoms with Crippen LogP contribution in [0.15, 0.2) is 39.5 Å². The van der Waals surface area contributed by atoms with Gasteiger partial charge < -0.3 is 9.42 Å². The van der Waals surface area contributed by atoms with E-state index in [1.807, 2.05) is 43.0 Å². The molecule has 0 unspecified atom stereocenters. The fourth-order valence-corrected chi connectivity index (χ4v) is 3.71. The van der Waals surface area contributed by atoms with Crippen molar-refractivity contribution in [1.82, 2.24) is 24.8 Å². The Bertz CT molecular complexity index is 955. The number of rotatable bonds is 3. The van der Waals surface area contributed by atoms with E-state index < -0.39 is 0 Å². The Morgan fingerprint density at radius 3 is 2.52 bits per heavy atom. The van der Waals surface area contributed by atoms with E-state index in [0.717, 1.165) is 28.7 Å². The average molecular weight is 430 g/mol. The second kappa shape index (κ2) is 7.26. The van der Waals surface area contributed by atoms with Gasteiger partial charge in [-0.15, -0.1) is 0 Å². The van der Waals surface area contributed by atoms with E-state index in [1.165, 1.54) is 0 Å². The number of carbonyl (C=O) groups excluding carboxylic acids is 1. The maximum atomic E-state index is 13.0. The summed E-state index contributed by atoms with van der Waals surface area (Å²) in [5, 5.41) is 8.28. The zero-order valence-corrected chi connectivity index (χ0v) is 16.8. The number of piperidine rings is 1. The number of halogens is 1. The number of hydrogen-bond acceptors (Lipinski definition) is 5. The van der Waals surface area contributed by atoms with Crippen molar-refractivity contribution in [3.05, 3.63) is 57.9 Å². The molecule has 7 nitrogen and oxygen atoms in total. The molecule has 1 fully saturated rings. The van der Waals surface area contributed by atoms with Crippen molar-refractivity contribution in [3.63, 3.8) is 0 Å². The monoisotopic (exact) mass is 429 g/mol. The molecule has 1 amide bonds. The van der Waals surface area contributed by atoms with Gasteiger partial charge in [0, 0.05) is 23.5 Å². The van der Waals surface area contributed by atoms with Crippen LogP contribution in [-0.2, 0) is 0 Å². The van der Waals surface area contributed by atoms with Gasteiger partial charge in [0.1, 0.15) is 0 Å². The lowest BCUT2D eigenvalue weighted by molar-refractivity contribution is 0.0703. The fourth-order valence-electron chi connectivity index (χ4n) is 3.44. The van der Waals surface area contributed by atoms with Gasteiger partial charge in [0.25, 0.3) is 5.91 Å². The molecular weight excluding hydrogens is 410 g/mol. The summed E-state index contributed by atoms with van der Waals surface area (Å²) in [5.41, 5.74) is 2.42. The highest BCUT2D eigenvalue weighted by Crippen LogP contribution is 2.28. The molecule has 1 aliphatic heterocycles. The maximum Gasteiger partial charge on any atom is 0.257 e. The number of nitrogens with zero attached hydrogens (tertiary/aromatic N) is 5. The first kappa shape index (κ1) is 17.9. The molecule has 3 heterocycles. The molecule has 3 aromatic rings. The number of likely N-dealkylation sites (tertiary alicyclic amines) is 1. The third kappa shape index (κ3) is 3.53. The number of amides is 1. The van der Waals surface area contributed by atoms with Crippen LogP contribution < -0.4 is 0 Å². The zero-order chi connectivity index (χ0) is 19.0. The first-order valence-electron chi connectivity index (χ1n) is 8.93. The Morgan fingerprint density at radius 1 is 1.19 bits per heavy atom. The van der Waals surface area contributed by atoms with Crippen LogP contribution in [0.1, 0.15) is 46.5 Å². The SMILES string of the molecule is Cc1noc(C2CCN(C(=O)c3cnn(-c4ccc(Br)cc4)c3C)CC2)n1. The number of aryl methyl sites for hydroxylation is 1. The van der Waals surface area contributed by atoms with Gasteiger partial charge in [-0.3, -0.25) is 4.79 Å². The van der Waals surface area contributed by atoms with Crippen molar-refractivity contribution in [3.8, 4) is 5.69 Å². The van der Waals surface area contributed by atoms with Gasteiger partial charge in [-0.25, -0.2) is 4.68 Å². The van der Waals surface area contributed by atoms with Crippen LogP contribution in [0, 0.1) is 13.8 Å². The van der Waals surface area contributed by atoms with E-state index in [0.29, 0.717) is 30.4 Å². The van der Waals surface area contributed by atoms with Gasteiger partial charge in [-0.2, -0.15) is 10.1 Å². The van der Waals surface area contributed by atoms with Gasteiger partial charge in [-0.1, -0.05) is 21.1 Å². The Labute approximate surface area is 165 Å². The average Bonchev–Trinajstić information content (AvgIpc) is 3.28. The zero-order valence-electron chi connectivity index (χ0n) is 15.2. The van der Waals surface area contributed by atoms with Gasteiger partial charge in [0.05, 0.1) is 23.1 Å². The first-order chi connectivity index (χ1) is 13.0. The van der Waals surface area contributed by atoms with Crippen molar-refractivity contribution >= 4 is 21.8 Å². The molecule has 1 saturated heterocycles. The Kier molecular flexibility index (Phi) is 4.82. The van der Waals surface area contributed by atoms with Crippen molar-refractivity contribution in [2.75, 3.05) is 13.1 Å². The first-order valence-corrected chi connectivity index (χ1v) is 9.72. The highest BCUT2D eigenvalue weighted by molar-refractivity contribution is 9.10. The van der Waals surface area contributed by atoms with Crippen LogP contribution in [-0.4, -0.2) is 43.8 Å². The van der Waals surface area contributed by atoms with Crippen molar-refractivity contribution in [1.29, 1.82) is 0 Å². The van der Waals surface area contributed by atoms with Gasteiger partial charge >= 0.3 is 0 Å².